The molecule has 43 heavy (non-hydrogen) atoms. The van der Waals surface area contributed by atoms with Gasteiger partial charge >= 0.3 is 6.09 Å². The van der Waals surface area contributed by atoms with Crippen LogP contribution < -0.4 is 16.0 Å². The Kier molecular flexibility index (Phi) is 16.4. The third-order valence-electron chi connectivity index (χ3n) is 6.89. The standard InChI is InChI=1S/C26H49N5O12/c1-4-39-26(38)30-15(9-8-11-29-25(27)31(2)3)22(37)28-10-6-5-7-12-40-23-21(36)19(34)17(14-42-23)43-24-20(35)18(33)16(32)13-41-24/h15-21,23-24,32-36H,4-14H2,1-3H3,(H2,27,29)(H,28,37)(H,30,38)/t15-,16+,17+,18?,19?,20?,21?,23+,24-/m0/s1. The number of nitrogens with zero attached hydrogens (tertiary/aromatic N) is 1. The number of carbonyl (C=O) groups excluding carboxylic acids is 2. The zero-order valence-electron chi connectivity index (χ0n) is 25.0. The second-order valence-corrected chi connectivity index (χ2v) is 10.6. The van der Waals surface area contributed by atoms with Gasteiger partial charge in [-0.15, -0.1) is 0 Å². The normalized spacial score (nSPS) is 29.8. The minimum atomic E-state index is -1.54. The number of nitrogens with one attached hydrogen (secondary N) is 4. The van der Waals surface area contributed by atoms with Crippen molar-refractivity contribution in [2.24, 2.45) is 0 Å². The van der Waals surface area contributed by atoms with E-state index in [2.05, 4.69) is 16.0 Å². The van der Waals surface area contributed by atoms with Gasteiger partial charge in [0, 0.05) is 33.8 Å². The number of hydrogen-bond donors (Lipinski definition) is 9. The highest BCUT2D eigenvalue weighted by molar-refractivity contribution is 5.85. The van der Waals surface area contributed by atoms with Crippen LogP contribution in [0.25, 0.3) is 0 Å². The van der Waals surface area contributed by atoms with E-state index < -0.39 is 61.3 Å². The first-order chi connectivity index (χ1) is 20.5. The molecule has 0 saturated carbocycles. The fraction of sp³-hybridized carbons (Fsp3) is 0.885. The Hall–Kier alpha value is -2.35. The minimum absolute atomic E-state index is 0.171. The van der Waals surface area contributed by atoms with Crippen LogP contribution in [-0.4, -0.2) is 157 Å². The highest BCUT2D eigenvalue weighted by atomic mass is 16.7. The molecule has 0 radical (unpaired) electrons. The van der Waals surface area contributed by atoms with Crippen molar-refractivity contribution >= 4 is 18.0 Å². The van der Waals surface area contributed by atoms with E-state index in [1.54, 1.807) is 25.9 Å². The van der Waals surface area contributed by atoms with Crippen LogP contribution in [0.4, 0.5) is 4.79 Å². The van der Waals surface area contributed by atoms with Crippen LogP contribution in [-0.2, 0) is 28.5 Å². The SMILES string of the molecule is CCOC(=O)N[C@@H](CCCNC(=N)N(C)C)C(=O)NCCCCCO[C@@H]1OC[C@@H](O[C@@H]2OC[C@@H](O)C(O)C2O)C(O)C1O. The summed E-state index contributed by atoms with van der Waals surface area (Å²) in [7, 11) is 3.48. The molecule has 250 valence electrons. The van der Waals surface area contributed by atoms with Gasteiger partial charge < -0.3 is 70.1 Å². The highest BCUT2D eigenvalue weighted by Crippen LogP contribution is 2.24. The molecule has 9 N–H and O–H groups in total. The molecule has 0 spiro atoms. The summed E-state index contributed by atoms with van der Waals surface area (Å²) in [5.74, 6) is -0.0927. The van der Waals surface area contributed by atoms with Crippen LogP contribution in [0.15, 0.2) is 0 Å². The van der Waals surface area contributed by atoms with Crippen molar-refractivity contribution in [2.75, 3.05) is 53.6 Å². The number of amides is 2. The summed E-state index contributed by atoms with van der Waals surface area (Å²) in [5.41, 5.74) is 0. The molecule has 2 heterocycles. The number of carbonyl (C=O) groups is 2. The van der Waals surface area contributed by atoms with Crippen LogP contribution in [0, 0.1) is 5.41 Å². The summed E-state index contributed by atoms with van der Waals surface area (Å²) in [5, 5.41) is 66.2. The number of aliphatic hydroxyl groups is 5. The third kappa shape index (κ3) is 12.3. The van der Waals surface area contributed by atoms with Crippen molar-refractivity contribution < 1.29 is 58.8 Å². The van der Waals surface area contributed by atoms with Gasteiger partial charge in [0.2, 0.25) is 5.91 Å². The molecule has 2 saturated heterocycles. The van der Waals surface area contributed by atoms with E-state index in [4.69, 9.17) is 29.1 Å². The Balaban J connectivity index is 1.65. The molecule has 2 amide bonds. The van der Waals surface area contributed by atoms with Crippen LogP contribution in [0.1, 0.15) is 39.0 Å². The van der Waals surface area contributed by atoms with Gasteiger partial charge in [0.1, 0.15) is 42.7 Å². The average Bonchev–Trinajstić information content (AvgIpc) is 2.97. The number of hydrogen-bond acceptors (Lipinski definition) is 13. The van der Waals surface area contributed by atoms with Crippen molar-refractivity contribution in [3.8, 4) is 0 Å². The van der Waals surface area contributed by atoms with Gasteiger partial charge in [-0.2, -0.15) is 0 Å². The zero-order chi connectivity index (χ0) is 31.9. The van der Waals surface area contributed by atoms with Gasteiger partial charge in [0.25, 0.3) is 0 Å². The van der Waals surface area contributed by atoms with E-state index in [1.807, 2.05) is 0 Å². The average molecular weight is 624 g/mol. The van der Waals surface area contributed by atoms with E-state index in [0.717, 1.165) is 0 Å². The predicted octanol–water partition coefficient (Wildman–Crippen LogP) is -2.83. The van der Waals surface area contributed by atoms with E-state index in [1.165, 1.54) is 0 Å². The monoisotopic (exact) mass is 623 g/mol. The lowest BCUT2D eigenvalue weighted by molar-refractivity contribution is -0.328. The summed E-state index contributed by atoms with van der Waals surface area (Å²) < 4.78 is 26.6. The van der Waals surface area contributed by atoms with Crippen LogP contribution in [0.3, 0.4) is 0 Å². The molecule has 0 aromatic rings. The Morgan fingerprint density at radius 1 is 0.907 bits per heavy atom. The maximum absolute atomic E-state index is 12.7. The van der Waals surface area contributed by atoms with Crippen molar-refractivity contribution in [1.29, 1.82) is 5.41 Å². The summed E-state index contributed by atoms with van der Waals surface area (Å²) in [6, 6.07) is -0.786. The summed E-state index contributed by atoms with van der Waals surface area (Å²) in [6.45, 7) is 2.45. The Labute approximate surface area is 251 Å². The Morgan fingerprint density at radius 2 is 1.58 bits per heavy atom. The summed E-state index contributed by atoms with van der Waals surface area (Å²) in [6.07, 6.45) is -8.54. The minimum Gasteiger partial charge on any atom is -0.450 e. The number of aliphatic hydroxyl groups excluding tert-OH is 5. The van der Waals surface area contributed by atoms with Crippen molar-refractivity contribution in [2.45, 2.75) is 94.3 Å². The smallest absolute Gasteiger partial charge is 0.407 e. The molecule has 2 rings (SSSR count). The number of unbranched alkanes of at least 4 members (excludes halogenated alkanes) is 2. The van der Waals surface area contributed by atoms with Gasteiger partial charge in [-0.1, -0.05) is 0 Å². The first-order valence-corrected chi connectivity index (χ1v) is 14.6. The number of ether oxygens (including phenoxy) is 5. The molecule has 0 aromatic heterocycles. The first-order valence-electron chi connectivity index (χ1n) is 14.6. The van der Waals surface area contributed by atoms with Gasteiger partial charge in [-0.05, 0) is 39.0 Å². The van der Waals surface area contributed by atoms with Crippen LogP contribution in [0.2, 0.25) is 0 Å². The topological polar surface area (TPSA) is 245 Å². The molecule has 17 nitrogen and oxygen atoms in total. The lowest BCUT2D eigenvalue weighted by Gasteiger charge is -2.41. The molecule has 2 aliphatic heterocycles. The first kappa shape index (κ1) is 36.8. The van der Waals surface area contributed by atoms with E-state index in [9.17, 15) is 35.1 Å². The van der Waals surface area contributed by atoms with E-state index in [-0.39, 0.29) is 38.3 Å². The molecule has 0 bridgehead atoms. The second-order valence-electron chi connectivity index (χ2n) is 10.6. The maximum Gasteiger partial charge on any atom is 0.407 e. The van der Waals surface area contributed by atoms with E-state index in [0.29, 0.717) is 45.2 Å². The molecule has 17 heteroatoms. The lowest BCUT2D eigenvalue weighted by atomic mass is 10.0. The van der Waals surface area contributed by atoms with Gasteiger partial charge in [0.05, 0.1) is 19.8 Å². The van der Waals surface area contributed by atoms with Gasteiger partial charge in [0.15, 0.2) is 18.5 Å². The number of guanidine groups is 1. The zero-order valence-corrected chi connectivity index (χ0v) is 25.0. The Morgan fingerprint density at radius 3 is 2.28 bits per heavy atom. The highest BCUT2D eigenvalue weighted by Gasteiger charge is 2.45. The third-order valence-corrected chi connectivity index (χ3v) is 6.89. The molecular formula is C26H49N5O12. The fourth-order valence-electron chi connectivity index (χ4n) is 4.30. The molecule has 0 aromatic carbocycles. The van der Waals surface area contributed by atoms with Crippen LogP contribution in [0.5, 0.6) is 0 Å². The molecular weight excluding hydrogens is 574 g/mol. The molecule has 4 unspecified atom stereocenters. The fourth-order valence-corrected chi connectivity index (χ4v) is 4.30. The maximum atomic E-state index is 12.7. The lowest BCUT2D eigenvalue weighted by Crippen LogP contribution is -2.59. The van der Waals surface area contributed by atoms with Gasteiger partial charge in [-0.3, -0.25) is 10.2 Å². The predicted molar refractivity (Wildman–Crippen MR) is 150 cm³/mol. The number of alkyl carbamates (subject to hydrolysis) is 1. The molecule has 0 aliphatic carbocycles. The molecule has 9 atom stereocenters. The van der Waals surface area contributed by atoms with Crippen molar-refractivity contribution in [3.05, 3.63) is 0 Å². The number of rotatable bonds is 16. The molecule has 2 fully saturated rings. The Bertz CT molecular complexity index is 855. The second kappa shape index (κ2) is 19.1. The molecule has 2 aliphatic rings. The van der Waals surface area contributed by atoms with Crippen LogP contribution >= 0.6 is 0 Å². The largest absolute Gasteiger partial charge is 0.450 e. The summed E-state index contributed by atoms with van der Waals surface area (Å²) in [4.78, 5) is 26.2. The van der Waals surface area contributed by atoms with Crippen molar-refractivity contribution in [3.63, 3.8) is 0 Å². The quantitative estimate of drug-likeness (QED) is 0.0478. The van der Waals surface area contributed by atoms with Crippen molar-refractivity contribution in [1.82, 2.24) is 20.9 Å². The van der Waals surface area contributed by atoms with Gasteiger partial charge in [-0.25, -0.2) is 4.79 Å². The summed E-state index contributed by atoms with van der Waals surface area (Å²) >= 11 is 0. The van der Waals surface area contributed by atoms with E-state index >= 15 is 0 Å².